The normalized spacial score (nSPS) is 15.7. The van der Waals surface area contributed by atoms with Crippen LogP contribution in [-0.4, -0.2) is 18.4 Å². The minimum atomic E-state index is -0.311. The van der Waals surface area contributed by atoms with Gasteiger partial charge in [-0.2, -0.15) is 0 Å². The Labute approximate surface area is 156 Å². The average molecular weight is 351 g/mol. The molecule has 4 heteroatoms. The molecular formula is C22H29N3O. The molecule has 1 unspecified atom stereocenters. The highest BCUT2D eigenvalue weighted by molar-refractivity contribution is 5.75. The van der Waals surface area contributed by atoms with Crippen molar-refractivity contribution in [2.24, 2.45) is 5.92 Å². The fraction of sp³-hybridized carbons (Fsp3) is 0.364. The van der Waals surface area contributed by atoms with Crippen molar-refractivity contribution in [3.63, 3.8) is 0 Å². The van der Waals surface area contributed by atoms with Crippen molar-refractivity contribution in [3.8, 4) is 0 Å². The van der Waals surface area contributed by atoms with Crippen molar-refractivity contribution in [3.05, 3.63) is 65.5 Å². The van der Waals surface area contributed by atoms with E-state index in [-0.39, 0.29) is 5.54 Å². The molecule has 1 aromatic carbocycles. The number of amides is 1. The summed E-state index contributed by atoms with van der Waals surface area (Å²) in [4.78, 5) is 15.4. The lowest BCUT2D eigenvalue weighted by atomic mass is 9.82. The molecule has 1 atom stereocenters. The van der Waals surface area contributed by atoms with Crippen molar-refractivity contribution in [2.45, 2.75) is 39.2 Å². The minimum Gasteiger partial charge on any atom is -0.328 e. The van der Waals surface area contributed by atoms with Crippen LogP contribution in [-0.2, 0) is 10.3 Å². The smallest absolute Gasteiger partial charge is 0.211 e. The molecule has 1 aromatic heterocycles. The first-order valence-electron chi connectivity index (χ1n) is 9.30. The van der Waals surface area contributed by atoms with E-state index in [0.29, 0.717) is 5.92 Å². The summed E-state index contributed by atoms with van der Waals surface area (Å²) in [5.41, 5.74) is 3.74. The zero-order valence-corrected chi connectivity index (χ0v) is 16.1. The molecule has 1 saturated carbocycles. The minimum absolute atomic E-state index is 0.311. The lowest BCUT2D eigenvalue weighted by molar-refractivity contribution is -0.105. The number of anilines is 1. The zero-order valence-electron chi connectivity index (χ0n) is 16.1. The number of carbonyl (C=O) groups is 1. The number of likely N-dealkylation sites (N-methyl/N-ethyl adjacent to an activating group) is 1. The van der Waals surface area contributed by atoms with Gasteiger partial charge in [0.2, 0.25) is 6.41 Å². The maximum atomic E-state index is 11.0. The number of rotatable bonds is 7. The quantitative estimate of drug-likeness (QED) is 0.721. The van der Waals surface area contributed by atoms with Crippen LogP contribution in [0.1, 0.15) is 43.5 Å². The Morgan fingerprint density at radius 1 is 1.19 bits per heavy atom. The lowest BCUT2D eigenvalue weighted by Gasteiger charge is -2.33. The number of aromatic nitrogens is 1. The largest absolute Gasteiger partial charge is 0.328 e. The Kier molecular flexibility index (Phi) is 7.10. The molecule has 1 amide bonds. The highest BCUT2D eigenvalue weighted by atomic mass is 16.1. The molecule has 4 nitrogen and oxygen atoms in total. The Hall–Kier alpha value is -2.46. The third-order valence-electron chi connectivity index (χ3n) is 4.67. The number of aryl methyl sites for hydroxylation is 1. The monoisotopic (exact) mass is 351 g/mol. The van der Waals surface area contributed by atoms with Crippen LogP contribution in [0.4, 0.5) is 5.69 Å². The number of hydrogen-bond donors (Lipinski definition) is 2. The maximum absolute atomic E-state index is 11.0. The van der Waals surface area contributed by atoms with E-state index < -0.39 is 0 Å². The standard InChI is InChI=1S/C20H23N3O.C2H6/c1-15-6-9-19(23-14-24)18(13-15)20(21-2,16-7-8-16)11-10-17-5-3-4-12-22-17;1-2/h3-6,9-14,16,21H,7-8H2,1-2H3,(H,23,24);1-2H3. The van der Waals surface area contributed by atoms with Gasteiger partial charge in [0.25, 0.3) is 0 Å². The van der Waals surface area contributed by atoms with Crippen molar-refractivity contribution < 1.29 is 4.79 Å². The van der Waals surface area contributed by atoms with Crippen LogP contribution >= 0.6 is 0 Å². The predicted molar refractivity (Wildman–Crippen MR) is 109 cm³/mol. The van der Waals surface area contributed by atoms with Gasteiger partial charge in [-0.3, -0.25) is 9.78 Å². The van der Waals surface area contributed by atoms with Crippen molar-refractivity contribution >= 4 is 18.2 Å². The van der Waals surface area contributed by atoms with E-state index in [4.69, 9.17) is 0 Å². The van der Waals surface area contributed by atoms with Gasteiger partial charge in [0.05, 0.1) is 11.2 Å². The molecule has 0 saturated heterocycles. The van der Waals surface area contributed by atoms with Crippen LogP contribution in [0.15, 0.2) is 48.7 Å². The fourth-order valence-electron chi connectivity index (χ4n) is 3.29. The molecule has 2 N–H and O–H groups in total. The molecule has 0 bridgehead atoms. The lowest BCUT2D eigenvalue weighted by Crippen LogP contribution is -2.41. The number of benzene rings is 1. The molecular weight excluding hydrogens is 322 g/mol. The van der Waals surface area contributed by atoms with E-state index in [9.17, 15) is 4.79 Å². The van der Waals surface area contributed by atoms with Gasteiger partial charge < -0.3 is 10.6 Å². The highest BCUT2D eigenvalue weighted by Crippen LogP contribution is 2.48. The molecule has 0 spiro atoms. The molecule has 1 heterocycles. The average Bonchev–Trinajstić information content (AvgIpc) is 3.53. The first kappa shape index (κ1) is 19.9. The third kappa shape index (κ3) is 4.38. The van der Waals surface area contributed by atoms with E-state index in [2.05, 4.69) is 40.8 Å². The van der Waals surface area contributed by atoms with Gasteiger partial charge in [-0.05, 0) is 57.0 Å². The Bertz CT molecular complexity index is 738. The van der Waals surface area contributed by atoms with Crippen LogP contribution in [0.3, 0.4) is 0 Å². The number of carbonyl (C=O) groups excluding carboxylic acids is 1. The van der Waals surface area contributed by atoms with Crippen molar-refractivity contribution in [2.75, 3.05) is 12.4 Å². The molecule has 1 aliphatic rings. The van der Waals surface area contributed by atoms with Crippen LogP contribution in [0.25, 0.3) is 6.08 Å². The van der Waals surface area contributed by atoms with Gasteiger partial charge in [0.15, 0.2) is 0 Å². The van der Waals surface area contributed by atoms with E-state index >= 15 is 0 Å². The van der Waals surface area contributed by atoms with Gasteiger partial charge in [-0.15, -0.1) is 0 Å². The van der Waals surface area contributed by atoms with Gasteiger partial charge >= 0.3 is 0 Å². The van der Waals surface area contributed by atoms with Crippen molar-refractivity contribution in [1.82, 2.24) is 10.3 Å². The Morgan fingerprint density at radius 2 is 1.96 bits per heavy atom. The molecule has 1 fully saturated rings. The maximum Gasteiger partial charge on any atom is 0.211 e. The first-order chi connectivity index (χ1) is 12.7. The number of hydrogen-bond acceptors (Lipinski definition) is 3. The summed E-state index contributed by atoms with van der Waals surface area (Å²) >= 11 is 0. The summed E-state index contributed by atoms with van der Waals surface area (Å²) in [6.07, 6.45) is 9.12. The molecule has 3 rings (SSSR count). The SMILES string of the molecule is CC.CNC(C=Cc1ccccn1)(c1cc(C)ccc1NC=O)C1CC1. The predicted octanol–water partition coefficient (Wildman–Crippen LogP) is 4.52. The Balaban J connectivity index is 0.00000117. The van der Waals surface area contributed by atoms with E-state index in [1.807, 2.05) is 51.2 Å². The summed E-state index contributed by atoms with van der Waals surface area (Å²) in [5.74, 6) is 0.511. The third-order valence-corrected chi connectivity index (χ3v) is 4.67. The molecule has 1 aliphatic carbocycles. The summed E-state index contributed by atoms with van der Waals surface area (Å²) < 4.78 is 0. The molecule has 0 radical (unpaired) electrons. The van der Waals surface area contributed by atoms with Crippen molar-refractivity contribution in [1.29, 1.82) is 0 Å². The van der Waals surface area contributed by atoms with Crippen LogP contribution < -0.4 is 10.6 Å². The van der Waals surface area contributed by atoms with Gasteiger partial charge in [0.1, 0.15) is 0 Å². The molecule has 0 aliphatic heterocycles. The van der Waals surface area contributed by atoms with Gasteiger partial charge in [-0.1, -0.05) is 43.7 Å². The Morgan fingerprint density at radius 3 is 2.54 bits per heavy atom. The van der Waals surface area contributed by atoms with Crippen LogP contribution in [0, 0.1) is 12.8 Å². The van der Waals surface area contributed by atoms with E-state index in [0.717, 1.165) is 23.4 Å². The summed E-state index contributed by atoms with van der Waals surface area (Å²) in [7, 11) is 1.98. The second kappa shape index (κ2) is 9.30. The molecule has 138 valence electrons. The van der Waals surface area contributed by atoms with E-state index in [1.54, 1.807) is 6.20 Å². The fourth-order valence-corrected chi connectivity index (χ4v) is 3.29. The van der Waals surface area contributed by atoms with Crippen LogP contribution in [0.2, 0.25) is 0 Å². The summed E-state index contributed by atoms with van der Waals surface area (Å²) in [5, 5.41) is 6.37. The first-order valence-corrected chi connectivity index (χ1v) is 9.30. The van der Waals surface area contributed by atoms with Gasteiger partial charge in [-0.25, -0.2) is 0 Å². The zero-order chi connectivity index (χ0) is 19.0. The summed E-state index contributed by atoms with van der Waals surface area (Å²) in [6.45, 7) is 6.07. The van der Waals surface area contributed by atoms with Gasteiger partial charge in [0, 0.05) is 17.4 Å². The number of nitrogens with zero attached hydrogens (tertiary/aromatic N) is 1. The summed E-state index contributed by atoms with van der Waals surface area (Å²) in [6, 6.07) is 12.0. The molecule has 26 heavy (non-hydrogen) atoms. The second-order valence-electron chi connectivity index (χ2n) is 6.29. The number of pyridine rings is 1. The number of nitrogens with one attached hydrogen (secondary N) is 2. The molecule has 2 aromatic rings. The second-order valence-corrected chi connectivity index (χ2v) is 6.29. The van der Waals surface area contributed by atoms with Crippen LogP contribution in [0.5, 0.6) is 0 Å². The van der Waals surface area contributed by atoms with E-state index in [1.165, 1.54) is 18.4 Å². The highest BCUT2D eigenvalue weighted by Gasteiger charge is 2.44. The topological polar surface area (TPSA) is 54.0 Å².